The topological polar surface area (TPSA) is 53.5 Å². The van der Waals surface area contributed by atoms with Gasteiger partial charge in [0.1, 0.15) is 5.84 Å². The fraction of sp³-hybridized carbons (Fsp3) is 0.167. The van der Waals surface area contributed by atoms with Gasteiger partial charge >= 0.3 is 6.18 Å². The Bertz CT molecular complexity index is 1200. The second kappa shape index (κ2) is 8.70. The summed E-state index contributed by atoms with van der Waals surface area (Å²) in [5, 5.41) is 5.69. The number of alkyl halides is 3. The monoisotopic (exact) mass is 455 g/mol. The van der Waals surface area contributed by atoms with Gasteiger partial charge in [-0.15, -0.1) is 11.8 Å². The molecular weight excluding hydrogens is 435 g/mol. The SMILES string of the molecule is CNC(=O)c1cccc(NC2=Nc3cc(C(F)(F)F)c(-c4ccc(SC)cc4)cc3C2)c1. The highest BCUT2D eigenvalue weighted by Gasteiger charge is 2.35. The minimum absolute atomic E-state index is 0.141. The summed E-state index contributed by atoms with van der Waals surface area (Å²) < 4.78 is 41.5. The van der Waals surface area contributed by atoms with Crippen LogP contribution in [-0.2, 0) is 12.6 Å². The van der Waals surface area contributed by atoms with Crippen LogP contribution in [0.3, 0.4) is 0 Å². The lowest BCUT2D eigenvalue weighted by atomic mass is 9.95. The maximum Gasteiger partial charge on any atom is 0.417 e. The Morgan fingerprint density at radius 2 is 1.81 bits per heavy atom. The van der Waals surface area contributed by atoms with Crippen LogP contribution in [0.25, 0.3) is 11.1 Å². The lowest BCUT2D eigenvalue weighted by Crippen LogP contribution is -2.18. The number of benzene rings is 3. The van der Waals surface area contributed by atoms with Gasteiger partial charge in [-0.3, -0.25) is 4.79 Å². The Morgan fingerprint density at radius 3 is 2.47 bits per heavy atom. The Balaban J connectivity index is 1.66. The van der Waals surface area contributed by atoms with Crippen molar-refractivity contribution in [3.05, 3.63) is 77.4 Å². The molecular formula is C24H20F3N3OS. The minimum atomic E-state index is -4.50. The molecule has 1 heterocycles. The van der Waals surface area contributed by atoms with Gasteiger partial charge in [-0.1, -0.05) is 18.2 Å². The molecule has 32 heavy (non-hydrogen) atoms. The van der Waals surface area contributed by atoms with Crippen LogP contribution < -0.4 is 10.6 Å². The smallest absolute Gasteiger partial charge is 0.355 e. The predicted octanol–water partition coefficient (Wildman–Crippen LogP) is 6.15. The molecule has 3 aromatic carbocycles. The van der Waals surface area contributed by atoms with E-state index in [0.29, 0.717) is 40.3 Å². The summed E-state index contributed by atoms with van der Waals surface area (Å²) in [6.07, 6.45) is -2.22. The Kier molecular flexibility index (Phi) is 5.97. The predicted molar refractivity (Wildman–Crippen MR) is 123 cm³/mol. The van der Waals surface area contributed by atoms with E-state index in [1.165, 1.54) is 11.8 Å². The summed E-state index contributed by atoms with van der Waals surface area (Å²) in [6.45, 7) is 0. The van der Waals surface area contributed by atoms with E-state index < -0.39 is 11.7 Å². The molecule has 0 radical (unpaired) electrons. The van der Waals surface area contributed by atoms with E-state index in [0.717, 1.165) is 11.0 Å². The van der Waals surface area contributed by atoms with Gasteiger partial charge in [0, 0.05) is 29.6 Å². The van der Waals surface area contributed by atoms with Crippen LogP contribution in [0.5, 0.6) is 0 Å². The van der Waals surface area contributed by atoms with E-state index in [1.54, 1.807) is 49.5 Å². The molecule has 0 bridgehead atoms. The maximum atomic E-state index is 13.8. The van der Waals surface area contributed by atoms with Crippen LogP contribution >= 0.6 is 11.8 Å². The molecule has 1 aliphatic heterocycles. The number of halogens is 3. The van der Waals surface area contributed by atoms with Gasteiger partial charge < -0.3 is 10.6 Å². The van der Waals surface area contributed by atoms with Crippen LogP contribution in [-0.4, -0.2) is 25.0 Å². The molecule has 0 aromatic heterocycles. The third-order valence-electron chi connectivity index (χ3n) is 5.18. The number of aliphatic imine (C=N–C) groups is 1. The molecule has 0 spiro atoms. The molecule has 4 nitrogen and oxygen atoms in total. The van der Waals surface area contributed by atoms with Crippen molar-refractivity contribution in [1.29, 1.82) is 0 Å². The highest BCUT2D eigenvalue weighted by Crippen LogP contribution is 2.42. The quantitative estimate of drug-likeness (QED) is 0.464. The number of rotatable bonds is 4. The van der Waals surface area contributed by atoms with Gasteiger partial charge in [-0.05, 0) is 65.4 Å². The number of nitrogens with one attached hydrogen (secondary N) is 2. The molecule has 0 atom stereocenters. The highest BCUT2D eigenvalue weighted by molar-refractivity contribution is 7.98. The summed E-state index contributed by atoms with van der Waals surface area (Å²) in [7, 11) is 1.55. The number of amidine groups is 1. The van der Waals surface area contributed by atoms with E-state index >= 15 is 0 Å². The van der Waals surface area contributed by atoms with Crippen LogP contribution in [0, 0.1) is 0 Å². The number of nitrogens with zero attached hydrogens (tertiary/aromatic N) is 1. The number of hydrogen-bond donors (Lipinski definition) is 2. The largest absolute Gasteiger partial charge is 0.417 e. The number of carbonyl (C=O) groups is 1. The van der Waals surface area contributed by atoms with E-state index in [-0.39, 0.29) is 11.5 Å². The fourth-order valence-corrected chi connectivity index (χ4v) is 4.02. The number of thioether (sulfide) groups is 1. The highest BCUT2D eigenvalue weighted by atomic mass is 32.2. The van der Waals surface area contributed by atoms with Crippen LogP contribution in [0.15, 0.2) is 70.6 Å². The summed E-state index contributed by atoms with van der Waals surface area (Å²) in [4.78, 5) is 17.2. The summed E-state index contributed by atoms with van der Waals surface area (Å²) in [5.41, 5.74) is 2.07. The van der Waals surface area contributed by atoms with Gasteiger partial charge in [-0.25, -0.2) is 4.99 Å². The van der Waals surface area contributed by atoms with Gasteiger partial charge in [0.2, 0.25) is 0 Å². The van der Waals surface area contributed by atoms with Crippen molar-refractivity contribution in [3.63, 3.8) is 0 Å². The molecule has 4 rings (SSSR count). The number of carbonyl (C=O) groups excluding carboxylic acids is 1. The molecule has 164 valence electrons. The number of amides is 1. The minimum Gasteiger partial charge on any atom is -0.355 e. The van der Waals surface area contributed by atoms with Crippen molar-refractivity contribution in [2.75, 3.05) is 18.6 Å². The van der Waals surface area contributed by atoms with Crippen molar-refractivity contribution in [1.82, 2.24) is 5.32 Å². The third-order valence-corrected chi connectivity index (χ3v) is 5.92. The van der Waals surface area contributed by atoms with Gasteiger partial charge in [0.15, 0.2) is 0 Å². The fourth-order valence-electron chi connectivity index (χ4n) is 3.61. The van der Waals surface area contributed by atoms with E-state index in [1.807, 2.05) is 18.4 Å². The zero-order valence-electron chi connectivity index (χ0n) is 17.4. The number of anilines is 1. The molecule has 8 heteroatoms. The lowest BCUT2D eigenvalue weighted by molar-refractivity contribution is -0.137. The van der Waals surface area contributed by atoms with Crippen molar-refractivity contribution in [2.45, 2.75) is 17.5 Å². The average Bonchev–Trinajstić information content (AvgIpc) is 3.18. The Hall–Kier alpha value is -3.26. The first-order valence-electron chi connectivity index (χ1n) is 9.84. The molecule has 1 amide bonds. The first-order valence-corrected chi connectivity index (χ1v) is 11.1. The number of hydrogen-bond acceptors (Lipinski definition) is 4. The van der Waals surface area contributed by atoms with Gasteiger partial charge in [0.05, 0.1) is 11.3 Å². The molecule has 0 fully saturated rings. The normalized spacial score (nSPS) is 12.8. The van der Waals surface area contributed by atoms with Crippen LogP contribution in [0.2, 0.25) is 0 Å². The van der Waals surface area contributed by atoms with Crippen LogP contribution in [0.1, 0.15) is 21.5 Å². The molecule has 0 unspecified atom stereocenters. The summed E-state index contributed by atoms with van der Waals surface area (Å²) >= 11 is 1.53. The molecule has 3 aromatic rings. The van der Waals surface area contributed by atoms with E-state index in [4.69, 9.17) is 0 Å². The van der Waals surface area contributed by atoms with Gasteiger partial charge in [-0.2, -0.15) is 13.2 Å². The van der Waals surface area contributed by atoms with E-state index in [9.17, 15) is 18.0 Å². The maximum absolute atomic E-state index is 13.8. The second-order valence-corrected chi connectivity index (χ2v) is 8.15. The second-order valence-electron chi connectivity index (χ2n) is 7.27. The molecule has 1 aliphatic rings. The summed E-state index contributed by atoms with van der Waals surface area (Å²) in [5.74, 6) is 0.300. The van der Waals surface area contributed by atoms with Crippen molar-refractivity contribution in [2.24, 2.45) is 4.99 Å². The Morgan fingerprint density at radius 1 is 1.06 bits per heavy atom. The van der Waals surface area contributed by atoms with Crippen molar-refractivity contribution in [3.8, 4) is 11.1 Å². The molecule has 0 saturated carbocycles. The lowest BCUT2D eigenvalue weighted by Gasteiger charge is -2.15. The van der Waals surface area contributed by atoms with Crippen LogP contribution in [0.4, 0.5) is 24.5 Å². The van der Waals surface area contributed by atoms with E-state index in [2.05, 4.69) is 15.6 Å². The summed E-state index contributed by atoms with van der Waals surface area (Å²) in [6, 6.07) is 16.6. The molecule has 2 N–H and O–H groups in total. The molecule has 0 aliphatic carbocycles. The van der Waals surface area contributed by atoms with Gasteiger partial charge in [0.25, 0.3) is 5.91 Å². The van der Waals surface area contributed by atoms with Crippen molar-refractivity contribution < 1.29 is 18.0 Å². The third kappa shape index (κ3) is 4.50. The zero-order valence-corrected chi connectivity index (χ0v) is 18.2. The average molecular weight is 456 g/mol. The van der Waals surface area contributed by atoms with Crippen molar-refractivity contribution >= 4 is 34.9 Å². The Labute approximate surface area is 188 Å². The first-order chi connectivity index (χ1) is 15.3. The zero-order chi connectivity index (χ0) is 22.9. The molecule has 0 saturated heterocycles. The first kappa shape index (κ1) is 22.0. The number of fused-ring (bicyclic) bond motifs is 1. The standard InChI is InChI=1S/C24H20F3N3OS/c1-28-23(31)15-4-3-5-17(10-15)29-22-12-16-11-19(14-6-8-18(32-2)9-7-14)20(24(25,26)27)13-21(16)30-22/h3-11,13H,12H2,1-2H3,(H,28,31)(H,29,30).